The molecule has 0 spiro atoms. The van der Waals surface area contributed by atoms with Gasteiger partial charge in [-0.2, -0.15) is 11.1 Å². The normalized spacial score (nSPS) is 11.7. The number of benzene rings is 2. The zero-order valence-electron chi connectivity index (χ0n) is 25.2. The number of hydrogen-bond donors (Lipinski definition) is 3. The van der Waals surface area contributed by atoms with Crippen LogP contribution >= 0.6 is 11.1 Å². The Balaban J connectivity index is 0.000000616. The lowest BCUT2D eigenvalue weighted by Crippen LogP contribution is -2.43. The van der Waals surface area contributed by atoms with Gasteiger partial charge in [0.2, 0.25) is 8.32 Å². The number of phenolic OH excluding ortho intramolecular Hbond substituents is 3. The summed E-state index contributed by atoms with van der Waals surface area (Å²) in [6, 6.07) is 8.29. The molecule has 0 radical (unpaired) electrons. The lowest BCUT2D eigenvalue weighted by atomic mass is 10.2. The Bertz CT molecular complexity index is 1100. The van der Waals surface area contributed by atoms with Crippen molar-refractivity contribution >= 4 is 38.7 Å². The highest BCUT2D eigenvalue weighted by Crippen LogP contribution is 2.39. The predicted molar refractivity (Wildman–Crippen MR) is 161 cm³/mol. The maximum atomic E-state index is 11.5. The molecule has 0 amide bonds. The summed E-state index contributed by atoms with van der Waals surface area (Å²) in [7, 11) is -0.870. The van der Waals surface area contributed by atoms with E-state index in [0.717, 1.165) is 6.07 Å². The molecule has 39 heavy (non-hydrogen) atoms. The van der Waals surface area contributed by atoms with Gasteiger partial charge in [0.25, 0.3) is 0 Å². The molecule has 0 fully saturated rings. The van der Waals surface area contributed by atoms with Gasteiger partial charge in [0.15, 0.2) is 7.38 Å². The van der Waals surface area contributed by atoms with Gasteiger partial charge in [-0.05, 0) is 59.6 Å². The fraction of sp³-hybridized carbons (Fsp3) is 0.500. The van der Waals surface area contributed by atoms with E-state index in [1.54, 1.807) is 6.07 Å². The molecule has 0 aromatic heterocycles. The molecule has 0 atom stereocenters. The summed E-state index contributed by atoms with van der Waals surface area (Å²) in [4.78, 5) is 22.4. The van der Waals surface area contributed by atoms with E-state index in [1.807, 2.05) is 0 Å². The summed E-state index contributed by atoms with van der Waals surface area (Å²) in [6.45, 7) is 21.6. The van der Waals surface area contributed by atoms with Crippen LogP contribution in [0.4, 0.5) is 0 Å². The van der Waals surface area contributed by atoms with Crippen LogP contribution in [0.1, 0.15) is 62.3 Å². The first-order chi connectivity index (χ1) is 17.5. The number of rotatable bonds is 4. The fourth-order valence-electron chi connectivity index (χ4n) is 2.10. The minimum absolute atomic E-state index is 0.0440. The van der Waals surface area contributed by atoms with Crippen LogP contribution in [0.3, 0.4) is 0 Å². The minimum Gasteiger partial charge on any atom is -0.543 e. The molecule has 2 aromatic carbocycles. The van der Waals surface area contributed by atoms with Crippen molar-refractivity contribution in [2.75, 3.05) is 14.2 Å². The maximum Gasteiger partial charge on any atom is 0.341 e. The van der Waals surface area contributed by atoms with Crippen molar-refractivity contribution in [3.05, 3.63) is 47.5 Å². The van der Waals surface area contributed by atoms with Crippen LogP contribution in [0.15, 0.2) is 36.4 Å². The summed E-state index contributed by atoms with van der Waals surface area (Å²) < 4.78 is 15.1. The van der Waals surface area contributed by atoms with E-state index < -0.39 is 27.6 Å². The molecular formula is C28H45ClO8Si2. The molecule has 0 aliphatic carbocycles. The average molecular weight is 601 g/mol. The van der Waals surface area contributed by atoms with Crippen molar-refractivity contribution in [3.8, 4) is 23.0 Å². The number of methoxy groups -OCH3 is 2. The van der Waals surface area contributed by atoms with Crippen molar-refractivity contribution in [2.45, 2.75) is 77.8 Å². The molecule has 0 saturated heterocycles. The summed E-state index contributed by atoms with van der Waals surface area (Å²) in [5.74, 6) is -1.06. The van der Waals surface area contributed by atoms with E-state index in [2.05, 4.69) is 77.2 Å². The third-order valence-corrected chi connectivity index (χ3v) is 16.3. The van der Waals surface area contributed by atoms with E-state index in [1.165, 1.54) is 38.5 Å². The average Bonchev–Trinajstić information content (AvgIpc) is 2.79. The van der Waals surface area contributed by atoms with Crippen LogP contribution in [-0.4, -0.2) is 57.2 Å². The fourth-order valence-corrected chi connectivity index (χ4v) is 3.12. The largest absolute Gasteiger partial charge is 0.543 e. The van der Waals surface area contributed by atoms with E-state index in [4.69, 9.17) is 25.7 Å². The predicted octanol–water partition coefficient (Wildman–Crippen LogP) is 7.68. The number of carbonyl (C=O) groups excluding carboxylic acids is 2. The number of hydrogen-bond acceptors (Lipinski definition) is 8. The second kappa shape index (κ2) is 14.1. The van der Waals surface area contributed by atoms with Crippen LogP contribution in [0.2, 0.25) is 36.3 Å². The molecule has 2 rings (SSSR count). The van der Waals surface area contributed by atoms with Gasteiger partial charge >= 0.3 is 11.9 Å². The zero-order valence-corrected chi connectivity index (χ0v) is 28.0. The van der Waals surface area contributed by atoms with Gasteiger partial charge in [-0.3, -0.25) is 0 Å². The summed E-state index contributed by atoms with van der Waals surface area (Å²) in [5, 5.41) is 28.1. The smallest absolute Gasteiger partial charge is 0.341 e. The Morgan fingerprint density at radius 3 is 1.46 bits per heavy atom. The van der Waals surface area contributed by atoms with Crippen LogP contribution in [0, 0.1) is 0 Å². The van der Waals surface area contributed by atoms with E-state index >= 15 is 0 Å². The first kappa shape index (κ1) is 36.3. The summed E-state index contributed by atoms with van der Waals surface area (Å²) >= 11 is 6.15. The second-order valence-electron chi connectivity index (χ2n) is 11.9. The number of phenols is 3. The van der Waals surface area contributed by atoms with Crippen molar-refractivity contribution in [1.29, 1.82) is 0 Å². The summed E-state index contributed by atoms with van der Waals surface area (Å²) in [5.41, 5.74) is 0.0798. The molecule has 11 heteroatoms. The van der Waals surface area contributed by atoms with Crippen LogP contribution in [0.25, 0.3) is 0 Å². The first-order valence-corrected chi connectivity index (χ1v) is 19.3. The van der Waals surface area contributed by atoms with E-state index in [-0.39, 0.29) is 33.4 Å². The quantitative estimate of drug-likeness (QED) is 0.141. The Morgan fingerprint density at radius 2 is 1.10 bits per heavy atom. The molecule has 0 unspecified atom stereocenters. The molecule has 0 aliphatic heterocycles. The lowest BCUT2D eigenvalue weighted by Gasteiger charge is -2.36. The number of carbonyl (C=O) groups is 2. The molecule has 0 saturated carbocycles. The molecule has 0 aliphatic rings. The van der Waals surface area contributed by atoms with Gasteiger partial charge in [-0.1, -0.05) is 54.6 Å². The minimum atomic E-state index is -1.96. The van der Waals surface area contributed by atoms with Crippen LogP contribution in [-0.2, 0) is 9.47 Å². The van der Waals surface area contributed by atoms with Gasteiger partial charge in [-0.15, -0.1) is 0 Å². The third-order valence-electron chi connectivity index (χ3n) is 6.72. The van der Waals surface area contributed by atoms with Crippen molar-refractivity contribution in [3.63, 3.8) is 0 Å². The van der Waals surface area contributed by atoms with Gasteiger partial charge in [0, 0.05) is 0 Å². The molecular weight excluding hydrogens is 556 g/mol. The van der Waals surface area contributed by atoms with Gasteiger partial charge in [0.1, 0.15) is 34.1 Å². The SMILES string of the molecule is CC(C)(C)[Si](C)(C)Cl.COC(=O)c1cc(O)ccc1O.COC(=O)c1cc(O[Si](C)(C)C(C)(C)C)ccc1O. The monoisotopic (exact) mass is 600 g/mol. The molecule has 0 bridgehead atoms. The number of aromatic hydroxyl groups is 3. The Morgan fingerprint density at radius 1 is 0.718 bits per heavy atom. The van der Waals surface area contributed by atoms with Crippen molar-refractivity contribution in [2.24, 2.45) is 0 Å². The zero-order chi connectivity index (χ0) is 31.0. The van der Waals surface area contributed by atoms with Gasteiger partial charge in [-0.25, -0.2) is 9.59 Å². The van der Waals surface area contributed by atoms with Crippen LogP contribution < -0.4 is 4.43 Å². The standard InChI is InChI=1S/C14H22O4Si.C8H8O4.C6H15ClSi/c1-14(2,3)19(5,6)18-10-7-8-12(15)11(9-10)13(16)17-4;1-12-8(11)6-4-5(9)2-3-7(6)10;1-6(2,3)8(4,5)7/h7-9,15H,1-6H3;2-4,9-10H,1H3;1-5H3. The first-order valence-electron chi connectivity index (χ1n) is 12.4. The topological polar surface area (TPSA) is 123 Å². The Kier molecular flexibility index (Phi) is 13.1. The van der Waals surface area contributed by atoms with E-state index in [0.29, 0.717) is 10.8 Å². The highest BCUT2D eigenvalue weighted by atomic mass is 35.6. The highest BCUT2D eigenvalue weighted by Gasteiger charge is 2.39. The number of halogens is 1. The molecule has 0 heterocycles. The second-order valence-corrected chi connectivity index (χ2v) is 24.0. The lowest BCUT2D eigenvalue weighted by molar-refractivity contribution is 0.0587. The maximum absolute atomic E-state index is 11.5. The Labute approximate surface area is 239 Å². The van der Waals surface area contributed by atoms with Crippen LogP contribution in [0.5, 0.6) is 23.0 Å². The molecule has 3 N–H and O–H groups in total. The van der Waals surface area contributed by atoms with E-state index in [9.17, 15) is 14.7 Å². The third kappa shape index (κ3) is 11.5. The summed E-state index contributed by atoms with van der Waals surface area (Å²) in [6.07, 6.45) is 0. The molecule has 2 aromatic rings. The van der Waals surface area contributed by atoms with Crippen molar-refractivity contribution < 1.29 is 38.8 Å². The highest BCUT2D eigenvalue weighted by molar-refractivity contribution is 7.20. The number of ether oxygens (including phenoxy) is 2. The van der Waals surface area contributed by atoms with Gasteiger partial charge in [0.05, 0.1) is 14.2 Å². The van der Waals surface area contributed by atoms with Gasteiger partial charge < -0.3 is 29.2 Å². The molecule has 8 nitrogen and oxygen atoms in total. The Hall–Kier alpha value is -2.70. The molecule has 220 valence electrons. The number of esters is 2. The van der Waals surface area contributed by atoms with Crippen molar-refractivity contribution in [1.82, 2.24) is 0 Å².